The molecule has 0 radical (unpaired) electrons. The van der Waals surface area contributed by atoms with Gasteiger partial charge in [-0.05, 0) is 54.3 Å². The van der Waals surface area contributed by atoms with Gasteiger partial charge in [-0.3, -0.25) is 0 Å². The molecule has 0 heterocycles. The van der Waals surface area contributed by atoms with Crippen LogP contribution < -0.4 is 0 Å². The molecule has 2 rings (SSSR count). The van der Waals surface area contributed by atoms with Gasteiger partial charge in [-0.2, -0.15) is 0 Å². The van der Waals surface area contributed by atoms with Gasteiger partial charge in [0.25, 0.3) is 0 Å². The standard InChI is InChI=1S/C16H16Cl2O/c1-10-6-14(15(18)7-11(10)2)16(19)9-12-4-3-5-13(17)8-12/h3-8,16,19H,9H2,1-2H3. The summed E-state index contributed by atoms with van der Waals surface area (Å²) in [5, 5.41) is 11.6. The maximum Gasteiger partial charge on any atom is 0.0844 e. The maximum atomic E-state index is 10.3. The Kier molecular flexibility index (Phi) is 4.51. The molecule has 0 amide bonds. The van der Waals surface area contributed by atoms with E-state index in [-0.39, 0.29) is 0 Å². The number of aryl methyl sites for hydroxylation is 2. The molecule has 0 aliphatic carbocycles. The zero-order chi connectivity index (χ0) is 14.0. The monoisotopic (exact) mass is 294 g/mol. The first-order valence-corrected chi connectivity index (χ1v) is 6.92. The summed E-state index contributed by atoms with van der Waals surface area (Å²) in [4.78, 5) is 0. The fourth-order valence-corrected chi connectivity index (χ4v) is 2.61. The molecule has 1 nitrogen and oxygen atoms in total. The van der Waals surface area contributed by atoms with E-state index in [0.717, 1.165) is 22.3 Å². The van der Waals surface area contributed by atoms with Crippen LogP contribution in [0.15, 0.2) is 36.4 Å². The summed E-state index contributed by atoms with van der Waals surface area (Å²) in [7, 11) is 0. The molecule has 0 spiro atoms. The van der Waals surface area contributed by atoms with Gasteiger partial charge in [0.05, 0.1) is 6.10 Å². The minimum Gasteiger partial charge on any atom is -0.388 e. The first kappa shape index (κ1) is 14.4. The van der Waals surface area contributed by atoms with Gasteiger partial charge in [0.15, 0.2) is 0 Å². The van der Waals surface area contributed by atoms with Crippen LogP contribution >= 0.6 is 23.2 Å². The largest absolute Gasteiger partial charge is 0.388 e. The number of halogens is 2. The third-order valence-electron chi connectivity index (χ3n) is 3.29. The molecule has 0 saturated heterocycles. The van der Waals surface area contributed by atoms with E-state index in [1.165, 1.54) is 0 Å². The van der Waals surface area contributed by atoms with E-state index in [1.54, 1.807) is 0 Å². The van der Waals surface area contributed by atoms with Gasteiger partial charge < -0.3 is 5.11 Å². The van der Waals surface area contributed by atoms with Crippen LogP contribution in [-0.4, -0.2) is 5.11 Å². The lowest BCUT2D eigenvalue weighted by Gasteiger charge is -2.15. The lowest BCUT2D eigenvalue weighted by Crippen LogP contribution is -2.03. The van der Waals surface area contributed by atoms with Gasteiger partial charge in [0.2, 0.25) is 0 Å². The van der Waals surface area contributed by atoms with Crippen LogP contribution in [0.3, 0.4) is 0 Å². The Morgan fingerprint density at radius 2 is 1.74 bits per heavy atom. The van der Waals surface area contributed by atoms with E-state index in [0.29, 0.717) is 16.5 Å². The summed E-state index contributed by atoms with van der Waals surface area (Å²) >= 11 is 12.2. The molecule has 19 heavy (non-hydrogen) atoms. The van der Waals surface area contributed by atoms with Crippen molar-refractivity contribution in [2.24, 2.45) is 0 Å². The average molecular weight is 295 g/mol. The second kappa shape index (κ2) is 5.96. The molecule has 100 valence electrons. The van der Waals surface area contributed by atoms with E-state index in [4.69, 9.17) is 23.2 Å². The van der Waals surface area contributed by atoms with E-state index in [2.05, 4.69) is 0 Å². The molecule has 0 aliphatic rings. The lowest BCUT2D eigenvalue weighted by atomic mass is 9.98. The van der Waals surface area contributed by atoms with Crippen LogP contribution in [-0.2, 0) is 6.42 Å². The molecule has 0 bridgehead atoms. The smallest absolute Gasteiger partial charge is 0.0844 e. The molecule has 0 saturated carbocycles. The van der Waals surface area contributed by atoms with Crippen molar-refractivity contribution < 1.29 is 5.11 Å². The van der Waals surface area contributed by atoms with E-state index in [1.807, 2.05) is 50.2 Å². The summed E-state index contributed by atoms with van der Waals surface area (Å²) in [5.74, 6) is 0. The van der Waals surface area contributed by atoms with Crippen molar-refractivity contribution in [2.45, 2.75) is 26.4 Å². The summed E-state index contributed by atoms with van der Waals surface area (Å²) < 4.78 is 0. The highest BCUT2D eigenvalue weighted by atomic mass is 35.5. The van der Waals surface area contributed by atoms with Crippen molar-refractivity contribution in [1.29, 1.82) is 0 Å². The zero-order valence-electron chi connectivity index (χ0n) is 11.0. The van der Waals surface area contributed by atoms with Gasteiger partial charge in [0.1, 0.15) is 0 Å². The molecule has 3 heteroatoms. The Bertz CT molecular complexity index is 593. The van der Waals surface area contributed by atoms with Crippen molar-refractivity contribution in [2.75, 3.05) is 0 Å². The van der Waals surface area contributed by atoms with Crippen LogP contribution in [0, 0.1) is 13.8 Å². The average Bonchev–Trinajstić information content (AvgIpc) is 2.33. The van der Waals surface area contributed by atoms with Crippen molar-refractivity contribution in [1.82, 2.24) is 0 Å². The molecule has 1 atom stereocenters. The Labute approximate surface area is 123 Å². The van der Waals surface area contributed by atoms with Crippen molar-refractivity contribution in [3.63, 3.8) is 0 Å². The maximum absolute atomic E-state index is 10.3. The Balaban J connectivity index is 2.25. The summed E-state index contributed by atoms with van der Waals surface area (Å²) in [6.45, 7) is 4.02. The van der Waals surface area contributed by atoms with Gasteiger partial charge in [-0.15, -0.1) is 0 Å². The van der Waals surface area contributed by atoms with Gasteiger partial charge in [-0.25, -0.2) is 0 Å². The first-order valence-electron chi connectivity index (χ1n) is 6.16. The predicted octanol–water partition coefficient (Wildman–Crippen LogP) is 4.89. The van der Waals surface area contributed by atoms with E-state index in [9.17, 15) is 5.11 Å². The Hall–Kier alpha value is -1.02. The fraction of sp³-hybridized carbons (Fsp3) is 0.250. The van der Waals surface area contributed by atoms with Crippen LogP contribution in [0.4, 0.5) is 0 Å². The molecule has 0 fully saturated rings. The molecule has 1 unspecified atom stereocenters. The highest BCUT2D eigenvalue weighted by Gasteiger charge is 2.14. The molecular formula is C16H16Cl2O. The summed E-state index contributed by atoms with van der Waals surface area (Å²) in [5.41, 5.74) is 4.02. The zero-order valence-corrected chi connectivity index (χ0v) is 12.5. The summed E-state index contributed by atoms with van der Waals surface area (Å²) in [6.07, 6.45) is -0.117. The molecule has 0 aliphatic heterocycles. The second-order valence-corrected chi connectivity index (χ2v) is 5.65. The highest BCUT2D eigenvalue weighted by molar-refractivity contribution is 6.31. The minimum atomic E-state index is -0.620. The van der Waals surface area contributed by atoms with Crippen LogP contribution in [0.2, 0.25) is 10.0 Å². The van der Waals surface area contributed by atoms with Gasteiger partial charge in [0, 0.05) is 16.5 Å². The van der Waals surface area contributed by atoms with Crippen molar-refractivity contribution in [3.8, 4) is 0 Å². The predicted molar refractivity (Wildman–Crippen MR) is 81.0 cm³/mol. The Morgan fingerprint density at radius 1 is 1.05 bits per heavy atom. The third-order valence-corrected chi connectivity index (χ3v) is 3.85. The minimum absolute atomic E-state index is 0.503. The van der Waals surface area contributed by atoms with Gasteiger partial charge in [-0.1, -0.05) is 41.4 Å². The molecule has 2 aromatic rings. The van der Waals surface area contributed by atoms with E-state index >= 15 is 0 Å². The number of hydrogen-bond donors (Lipinski definition) is 1. The quantitative estimate of drug-likeness (QED) is 0.855. The molecule has 2 aromatic carbocycles. The fourth-order valence-electron chi connectivity index (χ4n) is 2.06. The number of benzene rings is 2. The van der Waals surface area contributed by atoms with Crippen molar-refractivity contribution >= 4 is 23.2 Å². The number of aliphatic hydroxyl groups excluding tert-OH is 1. The van der Waals surface area contributed by atoms with Gasteiger partial charge >= 0.3 is 0 Å². The molecule has 0 aromatic heterocycles. The highest BCUT2D eigenvalue weighted by Crippen LogP contribution is 2.29. The number of rotatable bonds is 3. The summed E-state index contributed by atoms with van der Waals surface area (Å²) in [6, 6.07) is 11.4. The first-order chi connectivity index (χ1) is 8.97. The Morgan fingerprint density at radius 3 is 2.42 bits per heavy atom. The normalized spacial score (nSPS) is 12.5. The molecular weight excluding hydrogens is 279 g/mol. The van der Waals surface area contributed by atoms with Crippen LogP contribution in [0.5, 0.6) is 0 Å². The second-order valence-electron chi connectivity index (χ2n) is 4.81. The van der Waals surface area contributed by atoms with E-state index < -0.39 is 6.10 Å². The topological polar surface area (TPSA) is 20.2 Å². The number of aliphatic hydroxyl groups is 1. The molecule has 1 N–H and O–H groups in total. The van der Waals surface area contributed by atoms with Crippen LogP contribution in [0.1, 0.15) is 28.4 Å². The van der Waals surface area contributed by atoms with Crippen molar-refractivity contribution in [3.05, 3.63) is 68.7 Å². The lowest BCUT2D eigenvalue weighted by molar-refractivity contribution is 0.178. The van der Waals surface area contributed by atoms with Crippen LogP contribution in [0.25, 0.3) is 0 Å². The third kappa shape index (κ3) is 3.50. The SMILES string of the molecule is Cc1cc(Cl)c(C(O)Cc2cccc(Cl)c2)cc1C. The number of hydrogen-bond acceptors (Lipinski definition) is 1.